The van der Waals surface area contributed by atoms with Gasteiger partial charge < -0.3 is 0 Å². The minimum atomic E-state index is 0.482. The standard InChI is InChI=1S/C23H22N2/c1-4-16-5-7-22-18(9-16)12-21(14-25-22)17-6-8-23-19(10-17)11-20(13-24-23)15(2)3/h5-15H,4H2,1-3H3. The van der Waals surface area contributed by atoms with Crippen LogP contribution in [-0.2, 0) is 6.42 Å². The fourth-order valence-electron chi connectivity index (χ4n) is 3.20. The van der Waals surface area contributed by atoms with Crippen molar-refractivity contribution in [2.45, 2.75) is 33.1 Å². The molecule has 0 bridgehead atoms. The van der Waals surface area contributed by atoms with Crippen molar-refractivity contribution in [1.82, 2.24) is 9.97 Å². The first-order valence-corrected chi connectivity index (χ1v) is 8.93. The molecule has 0 aliphatic heterocycles. The van der Waals surface area contributed by atoms with Gasteiger partial charge in [0.25, 0.3) is 0 Å². The SMILES string of the molecule is CCc1ccc2ncc(-c3ccc4ncc(C(C)C)cc4c3)cc2c1. The summed E-state index contributed by atoms with van der Waals surface area (Å²) in [5.74, 6) is 0.482. The molecule has 0 atom stereocenters. The summed E-state index contributed by atoms with van der Waals surface area (Å²) < 4.78 is 0. The Morgan fingerprint density at radius 3 is 2.20 bits per heavy atom. The molecule has 2 heterocycles. The molecule has 0 unspecified atom stereocenters. The first-order chi connectivity index (χ1) is 12.1. The molecule has 0 aliphatic rings. The molecule has 0 aliphatic carbocycles. The van der Waals surface area contributed by atoms with Crippen LogP contribution in [0.3, 0.4) is 0 Å². The highest BCUT2D eigenvalue weighted by molar-refractivity contribution is 5.88. The Morgan fingerprint density at radius 2 is 1.44 bits per heavy atom. The Bertz CT molecular complexity index is 1060. The van der Waals surface area contributed by atoms with E-state index in [1.54, 1.807) is 0 Å². The second kappa shape index (κ2) is 6.29. The lowest BCUT2D eigenvalue weighted by Crippen LogP contribution is -1.90. The highest BCUT2D eigenvalue weighted by Crippen LogP contribution is 2.27. The van der Waals surface area contributed by atoms with Crippen molar-refractivity contribution in [3.05, 3.63) is 72.1 Å². The summed E-state index contributed by atoms with van der Waals surface area (Å²) in [5, 5.41) is 2.39. The molecule has 124 valence electrons. The first-order valence-electron chi connectivity index (χ1n) is 8.93. The van der Waals surface area contributed by atoms with E-state index in [-0.39, 0.29) is 0 Å². The molecule has 0 radical (unpaired) electrons. The van der Waals surface area contributed by atoms with Crippen LogP contribution in [0.4, 0.5) is 0 Å². The molecule has 2 heteroatoms. The van der Waals surface area contributed by atoms with Gasteiger partial charge in [0.05, 0.1) is 11.0 Å². The van der Waals surface area contributed by atoms with Crippen LogP contribution in [0.25, 0.3) is 32.9 Å². The summed E-state index contributed by atoms with van der Waals surface area (Å²) in [6.07, 6.45) is 4.99. The predicted molar refractivity (Wildman–Crippen MR) is 106 cm³/mol. The van der Waals surface area contributed by atoms with Crippen LogP contribution in [0.1, 0.15) is 37.8 Å². The number of benzene rings is 2. The minimum Gasteiger partial charge on any atom is -0.256 e. The van der Waals surface area contributed by atoms with Gasteiger partial charge in [-0.15, -0.1) is 0 Å². The molecule has 0 saturated heterocycles. The van der Waals surface area contributed by atoms with Gasteiger partial charge in [-0.05, 0) is 65.4 Å². The van der Waals surface area contributed by atoms with Gasteiger partial charge in [0, 0.05) is 28.7 Å². The quantitative estimate of drug-likeness (QED) is 0.452. The highest BCUT2D eigenvalue weighted by Gasteiger charge is 2.06. The van der Waals surface area contributed by atoms with Crippen molar-refractivity contribution in [3.8, 4) is 11.1 Å². The van der Waals surface area contributed by atoms with Crippen LogP contribution in [0, 0.1) is 0 Å². The van der Waals surface area contributed by atoms with E-state index in [4.69, 9.17) is 0 Å². The number of rotatable bonds is 3. The molecule has 4 rings (SSSR count). The molecule has 2 nitrogen and oxygen atoms in total. The lowest BCUT2D eigenvalue weighted by molar-refractivity contribution is 0.862. The molecule has 2 aromatic carbocycles. The van der Waals surface area contributed by atoms with Crippen molar-refractivity contribution < 1.29 is 0 Å². The van der Waals surface area contributed by atoms with Gasteiger partial charge in [-0.1, -0.05) is 32.9 Å². The highest BCUT2D eigenvalue weighted by atomic mass is 14.7. The number of pyridine rings is 2. The fraction of sp³-hybridized carbons (Fsp3) is 0.217. The van der Waals surface area contributed by atoms with Gasteiger partial charge in [0.15, 0.2) is 0 Å². The number of fused-ring (bicyclic) bond motifs is 2. The summed E-state index contributed by atoms with van der Waals surface area (Å²) in [6.45, 7) is 6.58. The fourth-order valence-corrected chi connectivity index (χ4v) is 3.20. The van der Waals surface area contributed by atoms with Gasteiger partial charge in [-0.3, -0.25) is 9.97 Å². The summed E-state index contributed by atoms with van der Waals surface area (Å²) in [5.41, 5.74) is 7.04. The average molecular weight is 326 g/mol. The smallest absolute Gasteiger partial charge is 0.0702 e. The van der Waals surface area contributed by atoms with E-state index < -0.39 is 0 Å². The molecule has 0 amide bonds. The van der Waals surface area contributed by atoms with E-state index in [0.717, 1.165) is 23.0 Å². The van der Waals surface area contributed by atoms with E-state index in [1.165, 1.54) is 27.5 Å². The normalized spacial score (nSPS) is 11.5. The third kappa shape index (κ3) is 3.00. The van der Waals surface area contributed by atoms with Gasteiger partial charge in [-0.2, -0.15) is 0 Å². The lowest BCUT2D eigenvalue weighted by Gasteiger charge is -2.09. The Hall–Kier alpha value is -2.74. The molecular weight excluding hydrogens is 304 g/mol. The van der Waals surface area contributed by atoms with E-state index >= 15 is 0 Å². The zero-order valence-electron chi connectivity index (χ0n) is 15.0. The van der Waals surface area contributed by atoms with Gasteiger partial charge in [0.1, 0.15) is 0 Å². The number of aryl methyl sites for hydroxylation is 1. The molecule has 2 aromatic heterocycles. The Kier molecular flexibility index (Phi) is 3.96. The molecular formula is C23H22N2. The van der Waals surface area contributed by atoms with Crippen LogP contribution in [0.5, 0.6) is 0 Å². The molecule has 0 fully saturated rings. The van der Waals surface area contributed by atoms with Crippen molar-refractivity contribution in [2.75, 3.05) is 0 Å². The van der Waals surface area contributed by atoms with Gasteiger partial charge in [0.2, 0.25) is 0 Å². The zero-order chi connectivity index (χ0) is 17.4. The van der Waals surface area contributed by atoms with Crippen molar-refractivity contribution in [2.24, 2.45) is 0 Å². The van der Waals surface area contributed by atoms with E-state index in [0.29, 0.717) is 5.92 Å². The molecule has 0 N–H and O–H groups in total. The lowest BCUT2D eigenvalue weighted by atomic mass is 9.99. The summed E-state index contributed by atoms with van der Waals surface area (Å²) in [7, 11) is 0. The maximum absolute atomic E-state index is 4.64. The summed E-state index contributed by atoms with van der Waals surface area (Å²) in [4.78, 5) is 9.24. The van der Waals surface area contributed by atoms with E-state index in [2.05, 4.69) is 79.3 Å². The van der Waals surface area contributed by atoms with Crippen LogP contribution < -0.4 is 0 Å². The van der Waals surface area contributed by atoms with Crippen LogP contribution in [-0.4, -0.2) is 9.97 Å². The van der Waals surface area contributed by atoms with Crippen LogP contribution in [0.2, 0.25) is 0 Å². The van der Waals surface area contributed by atoms with Crippen molar-refractivity contribution in [3.63, 3.8) is 0 Å². The monoisotopic (exact) mass is 326 g/mol. The summed E-state index contributed by atoms with van der Waals surface area (Å²) in [6, 6.07) is 17.5. The van der Waals surface area contributed by atoms with E-state index in [1.807, 2.05) is 12.4 Å². The maximum atomic E-state index is 4.64. The number of hydrogen-bond donors (Lipinski definition) is 0. The second-order valence-electron chi connectivity index (χ2n) is 6.94. The molecule has 0 spiro atoms. The molecule has 25 heavy (non-hydrogen) atoms. The van der Waals surface area contributed by atoms with Crippen molar-refractivity contribution in [1.29, 1.82) is 0 Å². The second-order valence-corrected chi connectivity index (χ2v) is 6.94. The van der Waals surface area contributed by atoms with Gasteiger partial charge in [-0.25, -0.2) is 0 Å². The Morgan fingerprint density at radius 1 is 0.760 bits per heavy atom. The van der Waals surface area contributed by atoms with Crippen molar-refractivity contribution >= 4 is 21.8 Å². The predicted octanol–water partition coefficient (Wildman–Crippen LogP) is 6.14. The van der Waals surface area contributed by atoms with E-state index in [9.17, 15) is 0 Å². The minimum absolute atomic E-state index is 0.482. The average Bonchev–Trinajstić information content (AvgIpc) is 2.66. The maximum Gasteiger partial charge on any atom is 0.0702 e. The van der Waals surface area contributed by atoms with Gasteiger partial charge >= 0.3 is 0 Å². The Balaban J connectivity index is 1.83. The number of aromatic nitrogens is 2. The number of nitrogens with zero attached hydrogens (tertiary/aromatic N) is 2. The topological polar surface area (TPSA) is 25.8 Å². The third-order valence-corrected chi connectivity index (χ3v) is 4.86. The number of hydrogen-bond acceptors (Lipinski definition) is 2. The first kappa shape index (κ1) is 15.8. The molecule has 4 aromatic rings. The van der Waals surface area contributed by atoms with Crippen LogP contribution >= 0.6 is 0 Å². The Labute approximate surface area is 148 Å². The zero-order valence-corrected chi connectivity index (χ0v) is 15.0. The largest absolute Gasteiger partial charge is 0.256 e. The molecule has 0 saturated carbocycles. The third-order valence-electron chi connectivity index (χ3n) is 4.86. The summed E-state index contributed by atoms with van der Waals surface area (Å²) >= 11 is 0. The van der Waals surface area contributed by atoms with Crippen LogP contribution in [0.15, 0.2) is 60.9 Å².